The smallest absolute Gasteiger partial charge is 0.163 e. The zero-order valence-electron chi connectivity index (χ0n) is 12.3. The van der Waals surface area contributed by atoms with E-state index < -0.39 is 0 Å². The highest BCUT2D eigenvalue weighted by molar-refractivity contribution is 5.99. The maximum Gasteiger partial charge on any atom is 0.163 e. The standard InChI is InChI=1S/C18H23NO/c1-13-12-16(13)19-10-8-18(9-11-19)7-6-17(20)14-4-2-3-5-15(14)18/h2-5,13,16H,6-12H2,1H3. The minimum atomic E-state index is 0.291. The molecule has 2 aliphatic carbocycles. The van der Waals surface area contributed by atoms with Gasteiger partial charge in [-0.3, -0.25) is 4.79 Å². The molecule has 0 bridgehead atoms. The zero-order valence-corrected chi connectivity index (χ0v) is 12.3. The number of hydrogen-bond acceptors (Lipinski definition) is 2. The number of carbonyl (C=O) groups excluding carboxylic acids is 1. The van der Waals surface area contributed by atoms with Crippen LogP contribution >= 0.6 is 0 Å². The van der Waals surface area contributed by atoms with Crippen molar-refractivity contribution in [3.8, 4) is 0 Å². The van der Waals surface area contributed by atoms with E-state index in [1.54, 1.807) is 0 Å². The van der Waals surface area contributed by atoms with Crippen LogP contribution in [0.1, 0.15) is 54.9 Å². The third-order valence-corrected chi connectivity index (χ3v) is 5.92. The van der Waals surface area contributed by atoms with Crippen molar-refractivity contribution >= 4 is 5.78 Å². The first-order valence-corrected chi connectivity index (χ1v) is 8.06. The summed E-state index contributed by atoms with van der Waals surface area (Å²) in [5.41, 5.74) is 2.64. The van der Waals surface area contributed by atoms with E-state index in [-0.39, 0.29) is 0 Å². The number of benzene rings is 1. The summed E-state index contributed by atoms with van der Waals surface area (Å²) >= 11 is 0. The lowest BCUT2D eigenvalue weighted by molar-refractivity contribution is 0.0899. The van der Waals surface area contributed by atoms with Crippen molar-refractivity contribution < 1.29 is 4.79 Å². The fourth-order valence-corrected chi connectivity index (χ4v) is 4.43. The molecule has 106 valence electrons. The van der Waals surface area contributed by atoms with Crippen LogP contribution in [0.15, 0.2) is 24.3 Å². The average Bonchev–Trinajstić information content (AvgIpc) is 3.21. The number of rotatable bonds is 1. The van der Waals surface area contributed by atoms with E-state index >= 15 is 0 Å². The van der Waals surface area contributed by atoms with Crippen molar-refractivity contribution in [2.24, 2.45) is 5.92 Å². The molecule has 1 spiro atoms. The Balaban J connectivity index is 1.60. The molecule has 2 nitrogen and oxygen atoms in total. The van der Waals surface area contributed by atoms with Crippen LogP contribution in [0.4, 0.5) is 0 Å². The fourth-order valence-electron chi connectivity index (χ4n) is 4.43. The van der Waals surface area contributed by atoms with Gasteiger partial charge in [-0.25, -0.2) is 0 Å². The number of hydrogen-bond donors (Lipinski definition) is 0. The molecule has 4 rings (SSSR count). The number of fused-ring (bicyclic) bond motifs is 2. The summed E-state index contributed by atoms with van der Waals surface area (Å²) in [7, 11) is 0. The topological polar surface area (TPSA) is 20.3 Å². The monoisotopic (exact) mass is 269 g/mol. The molecule has 1 aromatic rings. The second-order valence-corrected chi connectivity index (χ2v) is 7.07. The average molecular weight is 269 g/mol. The molecule has 0 amide bonds. The molecule has 0 aromatic heterocycles. The molecule has 1 saturated carbocycles. The van der Waals surface area contributed by atoms with Crippen LogP contribution in [-0.2, 0) is 5.41 Å². The highest BCUT2D eigenvalue weighted by atomic mass is 16.1. The summed E-state index contributed by atoms with van der Waals surface area (Å²) in [6, 6.07) is 9.22. The van der Waals surface area contributed by atoms with Crippen LogP contribution < -0.4 is 0 Å². The molecule has 2 heteroatoms. The highest BCUT2D eigenvalue weighted by Gasteiger charge is 2.45. The molecular weight excluding hydrogens is 246 g/mol. The number of Topliss-reactive ketones (excluding diaryl/α,β-unsaturated/α-hetero) is 1. The van der Waals surface area contributed by atoms with Crippen LogP contribution in [0.5, 0.6) is 0 Å². The normalized spacial score (nSPS) is 32.1. The molecule has 3 aliphatic rings. The Hall–Kier alpha value is -1.15. The van der Waals surface area contributed by atoms with Crippen LogP contribution in [0.2, 0.25) is 0 Å². The molecule has 0 radical (unpaired) electrons. The predicted molar refractivity (Wildman–Crippen MR) is 80.1 cm³/mol. The van der Waals surface area contributed by atoms with Gasteiger partial charge in [-0.2, -0.15) is 0 Å². The SMILES string of the molecule is CC1CC1N1CCC2(CCC(=O)c3ccccc32)CC1. The van der Waals surface area contributed by atoms with E-state index in [1.807, 2.05) is 12.1 Å². The third-order valence-electron chi connectivity index (χ3n) is 5.92. The Bertz CT molecular complexity index is 542. The van der Waals surface area contributed by atoms with Gasteiger partial charge in [0, 0.05) is 18.0 Å². The van der Waals surface area contributed by atoms with E-state index in [2.05, 4.69) is 24.0 Å². The van der Waals surface area contributed by atoms with Gasteiger partial charge in [-0.05, 0) is 55.7 Å². The summed E-state index contributed by atoms with van der Waals surface area (Å²) in [4.78, 5) is 14.8. The van der Waals surface area contributed by atoms with E-state index in [1.165, 1.54) is 37.9 Å². The van der Waals surface area contributed by atoms with Crippen molar-refractivity contribution in [1.82, 2.24) is 4.90 Å². The Kier molecular flexibility index (Phi) is 2.78. The molecule has 1 aromatic carbocycles. The fraction of sp³-hybridized carbons (Fsp3) is 0.611. The summed E-state index contributed by atoms with van der Waals surface area (Å²) in [5, 5.41) is 0. The Labute approximate surface area is 121 Å². The molecule has 1 saturated heterocycles. The lowest BCUT2D eigenvalue weighted by atomic mass is 9.64. The van der Waals surface area contributed by atoms with Crippen molar-refractivity contribution in [2.45, 2.75) is 50.5 Å². The van der Waals surface area contributed by atoms with E-state index in [0.29, 0.717) is 11.2 Å². The first-order chi connectivity index (χ1) is 9.70. The van der Waals surface area contributed by atoms with Gasteiger partial charge < -0.3 is 4.90 Å². The van der Waals surface area contributed by atoms with Gasteiger partial charge in [-0.15, -0.1) is 0 Å². The quantitative estimate of drug-likeness (QED) is 0.778. The van der Waals surface area contributed by atoms with Crippen molar-refractivity contribution in [2.75, 3.05) is 13.1 Å². The van der Waals surface area contributed by atoms with Gasteiger partial charge in [0.05, 0.1) is 0 Å². The second-order valence-electron chi connectivity index (χ2n) is 7.07. The highest BCUT2D eigenvalue weighted by Crippen LogP contribution is 2.47. The number of carbonyl (C=O) groups is 1. The van der Waals surface area contributed by atoms with E-state index in [9.17, 15) is 4.79 Å². The molecular formula is C18H23NO. The van der Waals surface area contributed by atoms with Crippen molar-refractivity contribution in [3.05, 3.63) is 35.4 Å². The summed E-state index contributed by atoms with van der Waals surface area (Å²) in [6.07, 6.45) is 5.68. The number of piperidine rings is 1. The van der Waals surface area contributed by atoms with E-state index in [4.69, 9.17) is 0 Å². The lowest BCUT2D eigenvalue weighted by Crippen LogP contribution is -2.46. The summed E-state index contributed by atoms with van der Waals surface area (Å²) in [6.45, 7) is 4.80. The Morgan fingerprint density at radius 2 is 1.85 bits per heavy atom. The number of ketones is 1. The van der Waals surface area contributed by atoms with Crippen LogP contribution in [0.25, 0.3) is 0 Å². The largest absolute Gasteiger partial charge is 0.300 e. The third kappa shape index (κ3) is 1.85. The molecule has 1 heterocycles. The predicted octanol–water partition coefficient (Wildman–Crippen LogP) is 3.41. The molecule has 0 N–H and O–H groups in total. The van der Waals surface area contributed by atoms with Crippen LogP contribution in [0.3, 0.4) is 0 Å². The van der Waals surface area contributed by atoms with Gasteiger partial charge in [0.2, 0.25) is 0 Å². The van der Waals surface area contributed by atoms with Gasteiger partial charge in [-0.1, -0.05) is 31.2 Å². The molecule has 1 aliphatic heterocycles. The molecule has 2 atom stereocenters. The van der Waals surface area contributed by atoms with Crippen molar-refractivity contribution in [3.63, 3.8) is 0 Å². The Morgan fingerprint density at radius 1 is 1.15 bits per heavy atom. The van der Waals surface area contributed by atoms with Crippen LogP contribution in [0, 0.1) is 5.92 Å². The van der Waals surface area contributed by atoms with Gasteiger partial charge in [0.15, 0.2) is 5.78 Å². The number of likely N-dealkylation sites (tertiary alicyclic amines) is 1. The van der Waals surface area contributed by atoms with E-state index in [0.717, 1.165) is 30.4 Å². The zero-order chi connectivity index (χ0) is 13.7. The minimum Gasteiger partial charge on any atom is -0.300 e. The van der Waals surface area contributed by atoms with Gasteiger partial charge in [0.1, 0.15) is 0 Å². The lowest BCUT2D eigenvalue weighted by Gasteiger charge is -2.45. The molecule has 2 unspecified atom stereocenters. The Morgan fingerprint density at radius 3 is 2.55 bits per heavy atom. The minimum absolute atomic E-state index is 0.291. The maximum absolute atomic E-state index is 12.1. The summed E-state index contributed by atoms with van der Waals surface area (Å²) < 4.78 is 0. The summed E-state index contributed by atoms with van der Waals surface area (Å²) in [5.74, 6) is 1.26. The van der Waals surface area contributed by atoms with Gasteiger partial charge in [0.25, 0.3) is 0 Å². The number of nitrogens with zero attached hydrogens (tertiary/aromatic N) is 1. The maximum atomic E-state index is 12.1. The van der Waals surface area contributed by atoms with Crippen molar-refractivity contribution in [1.29, 1.82) is 0 Å². The first kappa shape index (κ1) is 12.6. The first-order valence-electron chi connectivity index (χ1n) is 8.06. The van der Waals surface area contributed by atoms with Gasteiger partial charge >= 0.3 is 0 Å². The molecule has 20 heavy (non-hydrogen) atoms. The second kappa shape index (κ2) is 4.42. The molecule has 2 fully saturated rings. The van der Waals surface area contributed by atoms with Crippen LogP contribution in [-0.4, -0.2) is 29.8 Å².